The van der Waals surface area contributed by atoms with Gasteiger partial charge in [0.1, 0.15) is 0 Å². The predicted octanol–water partition coefficient (Wildman–Crippen LogP) is 3.88. The van der Waals surface area contributed by atoms with Gasteiger partial charge in [0.25, 0.3) is 0 Å². The van der Waals surface area contributed by atoms with Crippen LogP contribution in [0.3, 0.4) is 0 Å². The van der Waals surface area contributed by atoms with E-state index >= 15 is 0 Å². The van der Waals surface area contributed by atoms with Gasteiger partial charge in [0, 0.05) is 22.7 Å². The van der Waals surface area contributed by atoms with Crippen LogP contribution in [0, 0.1) is 0 Å². The monoisotopic (exact) mass is 371 g/mol. The van der Waals surface area contributed by atoms with Crippen LogP contribution in [-0.4, -0.2) is 21.8 Å². The molecule has 1 aromatic heterocycles. The second-order valence-electron chi connectivity index (χ2n) is 6.11. The fourth-order valence-electron chi connectivity index (χ4n) is 2.71. The van der Waals surface area contributed by atoms with Crippen molar-refractivity contribution in [3.8, 4) is 0 Å². The van der Waals surface area contributed by atoms with Crippen LogP contribution in [0.2, 0.25) is 0 Å². The lowest BCUT2D eigenvalue weighted by molar-refractivity contribution is -0.132. The maximum absolute atomic E-state index is 12.1. The summed E-state index contributed by atoms with van der Waals surface area (Å²) < 4.78 is 0. The van der Waals surface area contributed by atoms with Crippen molar-refractivity contribution in [2.45, 2.75) is 0 Å². The van der Waals surface area contributed by atoms with Crippen LogP contribution >= 0.6 is 0 Å². The summed E-state index contributed by atoms with van der Waals surface area (Å²) in [5.74, 6) is -1.49. The lowest BCUT2D eigenvalue weighted by Gasteiger charge is -2.09. The Morgan fingerprint density at radius 2 is 1.32 bits per heavy atom. The van der Waals surface area contributed by atoms with Gasteiger partial charge in [-0.15, -0.1) is 0 Å². The van der Waals surface area contributed by atoms with E-state index in [9.17, 15) is 9.59 Å². The first-order valence-electron chi connectivity index (χ1n) is 8.65. The molecule has 0 atom stereocenters. The first-order chi connectivity index (χ1) is 13.7. The highest BCUT2D eigenvalue weighted by molar-refractivity contribution is 6.43. The van der Waals surface area contributed by atoms with Crippen molar-refractivity contribution in [1.82, 2.24) is 9.97 Å². The molecule has 0 saturated carbocycles. The van der Waals surface area contributed by atoms with Gasteiger partial charge >= 0.3 is 11.8 Å². The second-order valence-corrected chi connectivity index (χ2v) is 6.11. The summed E-state index contributed by atoms with van der Waals surface area (Å²) in [5, 5.41) is 8.42. The number of hydrogen-bond acceptors (Lipinski definition) is 4. The fraction of sp³-hybridized carbons (Fsp3) is 0. The molecule has 4 rings (SSSR count). The standard InChI is InChI=1S/C21H17N5O2/c27-20(21(28)26-17-10-11-18-19(12-17)23-13-22-18)25-16-8-6-15(7-9-16)24-14-4-2-1-3-5-14/h1-13,24H,(H,22,23)(H,25,27)(H,26,28). The van der Waals surface area contributed by atoms with E-state index in [-0.39, 0.29) is 0 Å². The molecule has 7 nitrogen and oxygen atoms in total. The maximum Gasteiger partial charge on any atom is 0.314 e. The predicted molar refractivity (Wildman–Crippen MR) is 110 cm³/mol. The molecule has 0 bridgehead atoms. The molecule has 138 valence electrons. The van der Waals surface area contributed by atoms with Crippen molar-refractivity contribution in [3.63, 3.8) is 0 Å². The summed E-state index contributed by atoms with van der Waals surface area (Å²) in [7, 11) is 0. The number of nitrogens with one attached hydrogen (secondary N) is 4. The summed E-state index contributed by atoms with van der Waals surface area (Å²) in [6.45, 7) is 0. The van der Waals surface area contributed by atoms with E-state index in [4.69, 9.17) is 0 Å². The summed E-state index contributed by atoms with van der Waals surface area (Å²) in [6, 6.07) is 22.0. The van der Waals surface area contributed by atoms with Crippen LogP contribution in [0.1, 0.15) is 0 Å². The van der Waals surface area contributed by atoms with Gasteiger partial charge in [-0.3, -0.25) is 9.59 Å². The van der Waals surface area contributed by atoms with Crippen LogP contribution in [0.5, 0.6) is 0 Å². The molecule has 28 heavy (non-hydrogen) atoms. The van der Waals surface area contributed by atoms with E-state index in [0.717, 1.165) is 22.4 Å². The number of fused-ring (bicyclic) bond motifs is 1. The van der Waals surface area contributed by atoms with Crippen molar-refractivity contribution in [3.05, 3.63) is 79.1 Å². The molecule has 0 spiro atoms. The number of rotatable bonds is 4. The Bertz CT molecular complexity index is 1120. The zero-order valence-electron chi connectivity index (χ0n) is 14.8. The number of carbonyl (C=O) groups is 2. The number of hydrogen-bond donors (Lipinski definition) is 4. The quantitative estimate of drug-likeness (QED) is 0.409. The Labute approximate surface area is 160 Å². The third-order valence-corrected chi connectivity index (χ3v) is 4.09. The number of nitrogens with zero attached hydrogens (tertiary/aromatic N) is 1. The SMILES string of the molecule is O=C(Nc1ccc(Nc2ccccc2)cc1)C(=O)Nc1ccc2nc[nH]c2c1. The Morgan fingerprint density at radius 3 is 2.07 bits per heavy atom. The molecule has 4 aromatic rings. The number of H-pyrrole nitrogens is 1. The van der Waals surface area contributed by atoms with Crippen LogP contribution in [0.25, 0.3) is 11.0 Å². The fourth-order valence-corrected chi connectivity index (χ4v) is 2.71. The Kier molecular flexibility index (Phi) is 4.71. The van der Waals surface area contributed by atoms with Gasteiger partial charge in [-0.05, 0) is 54.6 Å². The van der Waals surface area contributed by atoms with Crippen LogP contribution in [-0.2, 0) is 9.59 Å². The topological polar surface area (TPSA) is 98.9 Å². The lowest BCUT2D eigenvalue weighted by Crippen LogP contribution is -2.29. The van der Waals surface area contributed by atoms with E-state index in [1.807, 2.05) is 42.5 Å². The molecular formula is C21H17N5O2. The average Bonchev–Trinajstić information content (AvgIpc) is 3.18. The Morgan fingerprint density at radius 1 is 0.714 bits per heavy atom. The van der Waals surface area contributed by atoms with Crippen LogP contribution in [0.15, 0.2) is 79.1 Å². The number of para-hydroxylation sites is 1. The summed E-state index contributed by atoms with van der Waals surface area (Å²) in [6.07, 6.45) is 1.57. The molecule has 0 saturated heterocycles. The molecule has 3 aromatic carbocycles. The highest BCUT2D eigenvalue weighted by Crippen LogP contribution is 2.19. The summed E-state index contributed by atoms with van der Waals surface area (Å²) >= 11 is 0. The van der Waals surface area contributed by atoms with Crippen molar-refractivity contribution in [2.75, 3.05) is 16.0 Å². The molecular weight excluding hydrogens is 354 g/mol. The smallest absolute Gasteiger partial charge is 0.314 e. The van der Waals surface area contributed by atoms with Gasteiger partial charge in [-0.1, -0.05) is 18.2 Å². The summed E-state index contributed by atoms with van der Waals surface area (Å²) in [5.41, 5.74) is 4.45. The molecule has 0 aliphatic rings. The third kappa shape index (κ3) is 3.99. The van der Waals surface area contributed by atoms with Crippen molar-refractivity contribution in [1.29, 1.82) is 0 Å². The maximum atomic E-state index is 12.1. The van der Waals surface area contributed by atoms with Gasteiger partial charge < -0.3 is 20.9 Å². The van der Waals surface area contributed by atoms with Gasteiger partial charge in [0.2, 0.25) is 0 Å². The number of aromatic amines is 1. The van der Waals surface area contributed by atoms with E-state index < -0.39 is 11.8 Å². The third-order valence-electron chi connectivity index (χ3n) is 4.09. The van der Waals surface area contributed by atoms with Gasteiger partial charge in [0.15, 0.2) is 0 Å². The molecule has 0 aliphatic heterocycles. The Balaban J connectivity index is 1.36. The highest BCUT2D eigenvalue weighted by atomic mass is 16.2. The molecule has 0 unspecified atom stereocenters. The van der Waals surface area contributed by atoms with E-state index in [0.29, 0.717) is 11.4 Å². The lowest BCUT2D eigenvalue weighted by atomic mass is 10.2. The minimum absolute atomic E-state index is 0.513. The zero-order chi connectivity index (χ0) is 19.3. The molecule has 2 amide bonds. The number of amides is 2. The molecule has 1 heterocycles. The van der Waals surface area contributed by atoms with Crippen molar-refractivity contribution < 1.29 is 9.59 Å². The van der Waals surface area contributed by atoms with Crippen LogP contribution in [0.4, 0.5) is 22.7 Å². The minimum atomic E-state index is -0.745. The van der Waals surface area contributed by atoms with E-state index in [2.05, 4.69) is 25.9 Å². The number of imidazole rings is 1. The normalized spacial score (nSPS) is 10.4. The highest BCUT2D eigenvalue weighted by Gasteiger charge is 2.14. The molecule has 0 radical (unpaired) electrons. The van der Waals surface area contributed by atoms with Gasteiger partial charge in [0.05, 0.1) is 17.4 Å². The zero-order valence-corrected chi connectivity index (χ0v) is 14.8. The van der Waals surface area contributed by atoms with Gasteiger partial charge in [-0.2, -0.15) is 0 Å². The molecule has 7 heteroatoms. The van der Waals surface area contributed by atoms with Crippen LogP contribution < -0.4 is 16.0 Å². The van der Waals surface area contributed by atoms with E-state index in [1.165, 1.54) is 0 Å². The largest absolute Gasteiger partial charge is 0.356 e. The molecule has 0 aliphatic carbocycles. The van der Waals surface area contributed by atoms with E-state index in [1.54, 1.807) is 36.7 Å². The molecule has 4 N–H and O–H groups in total. The first kappa shape index (κ1) is 17.3. The number of benzene rings is 3. The summed E-state index contributed by atoms with van der Waals surface area (Å²) in [4.78, 5) is 31.4. The van der Waals surface area contributed by atoms with Gasteiger partial charge in [-0.25, -0.2) is 4.98 Å². The second kappa shape index (κ2) is 7.63. The average molecular weight is 371 g/mol. The number of anilines is 4. The first-order valence-corrected chi connectivity index (χ1v) is 8.65. The Hall–Kier alpha value is -4.13. The van der Waals surface area contributed by atoms with Crippen molar-refractivity contribution in [2.24, 2.45) is 0 Å². The molecule has 0 fully saturated rings. The number of aromatic nitrogens is 2. The minimum Gasteiger partial charge on any atom is -0.356 e. The van der Waals surface area contributed by atoms with Crippen molar-refractivity contribution >= 4 is 45.6 Å². The number of carbonyl (C=O) groups excluding carboxylic acids is 2.